The number of aliphatic hydroxyl groups excluding tert-OH is 1. The molecule has 2 aromatic carbocycles. The predicted octanol–water partition coefficient (Wildman–Crippen LogP) is 5.78. The summed E-state index contributed by atoms with van der Waals surface area (Å²) in [5, 5.41) is 11.3. The molecule has 0 radical (unpaired) electrons. The Hall–Kier alpha value is -3.08. The molecular weight excluding hydrogens is 414 g/mol. The molecule has 1 aliphatic heterocycles. The van der Waals surface area contributed by atoms with Crippen molar-refractivity contribution >= 4 is 17.4 Å². The molecule has 1 amide bonds. The van der Waals surface area contributed by atoms with Crippen LogP contribution in [0.15, 0.2) is 54.1 Å². The Morgan fingerprint density at radius 2 is 1.70 bits per heavy atom. The number of rotatable bonds is 6. The van der Waals surface area contributed by atoms with E-state index in [9.17, 15) is 14.7 Å². The monoisotopic (exact) mass is 447 g/mol. The zero-order chi connectivity index (χ0) is 23.5. The molecule has 174 valence electrons. The average molecular weight is 448 g/mol. The quantitative estimate of drug-likeness (QED) is 0.346. The Morgan fingerprint density at radius 1 is 1.03 bits per heavy atom. The number of hydrogen-bond donors (Lipinski definition) is 1. The van der Waals surface area contributed by atoms with E-state index < -0.39 is 17.7 Å². The number of aliphatic hydroxyl groups is 1. The first-order chi connectivity index (χ1) is 15.9. The van der Waals surface area contributed by atoms with E-state index >= 15 is 0 Å². The molecule has 1 atom stereocenters. The molecular formula is C28H33NO4. The van der Waals surface area contributed by atoms with Gasteiger partial charge in [-0.1, -0.05) is 57.4 Å². The highest BCUT2D eigenvalue weighted by molar-refractivity contribution is 6.46. The van der Waals surface area contributed by atoms with E-state index in [2.05, 4.69) is 13.8 Å². The minimum Gasteiger partial charge on any atom is -0.507 e. The molecule has 1 unspecified atom stereocenters. The Bertz CT molecular complexity index is 1050. The first-order valence-electron chi connectivity index (χ1n) is 12.0. The van der Waals surface area contributed by atoms with Crippen LogP contribution in [0.4, 0.5) is 0 Å². The van der Waals surface area contributed by atoms with E-state index in [4.69, 9.17) is 4.74 Å². The minimum atomic E-state index is -0.605. The van der Waals surface area contributed by atoms with Gasteiger partial charge in [0.2, 0.25) is 0 Å². The Labute approximate surface area is 196 Å². The van der Waals surface area contributed by atoms with Gasteiger partial charge >= 0.3 is 0 Å². The molecule has 0 bridgehead atoms. The normalized spacial score (nSPS) is 21.1. The third-order valence-electron chi connectivity index (χ3n) is 6.64. The van der Waals surface area contributed by atoms with Gasteiger partial charge in [0.1, 0.15) is 11.5 Å². The standard InChI is InChI=1S/C28H33NO4/c1-18(2)17-33-22-15-13-20(14-16-22)26(30)24-25(23-12-8-7-9-19(23)3)29(28(32)27(24)31)21-10-5-4-6-11-21/h7-9,12-16,18,21,25,30H,4-6,10-11,17H2,1-3H3/b26-24-. The van der Waals surface area contributed by atoms with E-state index in [1.807, 2.05) is 31.2 Å². The molecule has 5 heteroatoms. The Balaban J connectivity index is 1.77. The fourth-order valence-corrected chi connectivity index (χ4v) is 4.91. The van der Waals surface area contributed by atoms with Gasteiger partial charge in [-0.2, -0.15) is 0 Å². The maximum absolute atomic E-state index is 13.3. The summed E-state index contributed by atoms with van der Waals surface area (Å²) in [6.45, 7) is 6.75. The zero-order valence-corrected chi connectivity index (χ0v) is 19.7. The number of likely N-dealkylation sites (tertiary alicyclic amines) is 1. The molecule has 2 aromatic rings. The van der Waals surface area contributed by atoms with E-state index in [0.29, 0.717) is 23.8 Å². The number of benzene rings is 2. The van der Waals surface area contributed by atoms with Crippen molar-refractivity contribution in [2.24, 2.45) is 5.92 Å². The predicted molar refractivity (Wildman–Crippen MR) is 129 cm³/mol. The molecule has 1 heterocycles. The van der Waals surface area contributed by atoms with Gasteiger partial charge < -0.3 is 14.7 Å². The first kappa shape index (κ1) is 23.1. The summed E-state index contributed by atoms with van der Waals surface area (Å²) < 4.78 is 5.74. The van der Waals surface area contributed by atoms with Crippen LogP contribution in [-0.2, 0) is 9.59 Å². The number of Topliss-reactive ketones (excluding diaryl/α,β-unsaturated/α-hetero) is 1. The van der Waals surface area contributed by atoms with Crippen molar-refractivity contribution in [3.8, 4) is 5.75 Å². The summed E-state index contributed by atoms with van der Waals surface area (Å²) in [6, 6.07) is 14.3. The number of nitrogens with zero attached hydrogens (tertiary/aromatic N) is 1. The maximum atomic E-state index is 13.3. The lowest BCUT2D eigenvalue weighted by Gasteiger charge is -2.36. The smallest absolute Gasteiger partial charge is 0.295 e. The molecule has 1 saturated heterocycles. The zero-order valence-electron chi connectivity index (χ0n) is 19.7. The SMILES string of the molecule is Cc1ccccc1C1/C(=C(/O)c2ccc(OCC(C)C)cc2)C(=O)C(=O)N1C1CCCCC1. The lowest BCUT2D eigenvalue weighted by atomic mass is 9.89. The van der Waals surface area contributed by atoms with Crippen molar-refractivity contribution < 1.29 is 19.4 Å². The van der Waals surface area contributed by atoms with Crippen LogP contribution >= 0.6 is 0 Å². The van der Waals surface area contributed by atoms with Gasteiger partial charge in [0.25, 0.3) is 11.7 Å². The Kier molecular flexibility index (Phi) is 6.87. The minimum absolute atomic E-state index is 0.0110. The lowest BCUT2D eigenvalue weighted by Crippen LogP contribution is -2.40. The highest BCUT2D eigenvalue weighted by Crippen LogP contribution is 2.43. The summed E-state index contributed by atoms with van der Waals surface area (Å²) in [5.74, 6) is -0.128. The van der Waals surface area contributed by atoms with Crippen LogP contribution in [0.3, 0.4) is 0 Å². The van der Waals surface area contributed by atoms with E-state index in [0.717, 1.165) is 43.2 Å². The fourth-order valence-electron chi connectivity index (χ4n) is 4.91. The fraction of sp³-hybridized carbons (Fsp3) is 0.429. The lowest BCUT2D eigenvalue weighted by molar-refractivity contribution is -0.141. The van der Waals surface area contributed by atoms with Crippen molar-refractivity contribution in [1.82, 2.24) is 4.90 Å². The number of ether oxygens (including phenoxy) is 1. The second kappa shape index (κ2) is 9.82. The third kappa shape index (κ3) is 4.68. The van der Waals surface area contributed by atoms with Gasteiger partial charge in [-0.3, -0.25) is 9.59 Å². The summed E-state index contributed by atoms with van der Waals surface area (Å²) in [4.78, 5) is 28.3. The van der Waals surface area contributed by atoms with Crippen LogP contribution in [0.25, 0.3) is 5.76 Å². The van der Waals surface area contributed by atoms with Crippen LogP contribution in [0, 0.1) is 12.8 Å². The van der Waals surface area contributed by atoms with Crippen LogP contribution in [0.2, 0.25) is 0 Å². The molecule has 2 fully saturated rings. The number of carbonyl (C=O) groups excluding carboxylic acids is 2. The van der Waals surface area contributed by atoms with Gasteiger partial charge in [-0.05, 0) is 61.1 Å². The number of carbonyl (C=O) groups is 2. The molecule has 1 aliphatic carbocycles. The maximum Gasteiger partial charge on any atom is 0.295 e. The van der Waals surface area contributed by atoms with Crippen LogP contribution in [0.1, 0.15) is 68.7 Å². The van der Waals surface area contributed by atoms with Crippen molar-refractivity contribution in [3.63, 3.8) is 0 Å². The van der Waals surface area contributed by atoms with Gasteiger partial charge in [-0.15, -0.1) is 0 Å². The number of amides is 1. The van der Waals surface area contributed by atoms with E-state index in [-0.39, 0.29) is 17.4 Å². The molecule has 1 saturated carbocycles. The first-order valence-corrected chi connectivity index (χ1v) is 12.0. The highest BCUT2D eigenvalue weighted by atomic mass is 16.5. The van der Waals surface area contributed by atoms with Crippen molar-refractivity contribution in [2.75, 3.05) is 6.61 Å². The molecule has 4 rings (SSSR count). The summed E-state index contributed by atoms with van der Waals surface area (Å²) in [6.07, 6.45) is 5.02. The highest BCUT2D eigenvalue weighted by Gasteiger charge is 2.49. The molecule has 5 nitrogen and oxygen atoms in total. The summed E-state index contributed by atoms with van der Waals surface area (Å²) in [7, 11) is 0. The van der Waals surface area contributed by atoms with Gasteiger partial charge in [0, 0.05) is 11.6 Å². The van der Waals surface area contributed by atoms with E-state index in [1.165, 1.54) is 0 Å². The summed E-state index contributed by atoms with van der Waals surface area (Å²) in [5.41, 5.74) is 2.57. The largest absolute Gasteiger partial charge is 0.507 e. The Morgan fingerprint density at radius 3 is 2.33 bits per heavy atom. The molecule has 33 heavy (non-hydrogen) atoms. The number of ketones is 1. The van der Waals surface area contributed by atoms with E-state index in [1.54, 1.807) is 29.2 Å². The third-order valence-corrected chi connectivity index (χ3v) is 6.64. The molecule has 2 aliphatic rings. The van der Waals surface area contributed by atoms with Crippen LogP contribution in [0.5, 0.6) is 5.75 Å². The number of aryl methyl sites for hydroxylation is 1. The van der Waals surface area contributed by atoms with Crippen molar-refractivity contribution in [2.45, 2.75) is 65.0 Å². The van der Waals surface area contributed by atoms with Gasteiger partial charge in [0.15, 0.2) is 0 Å². The summed E-state index contributed by atoms with van der Waals surface area (Å²) >= 11 is 0. The van der Waals surface area contributed by atoms with Crippen LogP contribution < -0.4 is 4.74 Å². The van der Waals surface area contributed by atoms with Crippen LogP contribution in [-0.4, -0.2) is 34.3 Å². The second-order valence-electron chi connectivity index (χ2n) is 9.58. The molecule has 0 spiro atoms. The topological polar surface area (TPSA) is 66.8 Å². The molecule has 1 N–H and O–H groups in total. The van der Waals surface area contributed by atoms with Gasteiger partial charge in [0.05, 0.1) is 18.2 Å². The van der Waals surface area contributed by atoms with Crippen molar-refractivity contribution in [3.05, 3.63) is 70.8 Å². The van der Waals surface area contributed by atoms with Gasteiger partial charge in [-0.25, -0.2) is 0 Å². The second-order valence-corrected chi connectivity index (χ2v) is 9.58. The molecule has 0 aromatic heterocycles. The average Bonchev–Trinajstić information content (AvgIpc) is 3.08. The van der Waals surface area contributed by atoms with Crippen molar-refractivity contribution in [1.29, 1.82) is 0 Å². The number of hydrogen-bond acceptors (Lipinski definition) is 4.